The summed E-state index contributed by atoms with van der Waals surface area (Å²) in [5.41, 5.74) is 0.767. The monoisotopic (exact) mass is 479 g/mol. The van der Waals surface area contributed by atoms with Crippen molar-refractivity contribution in [2.45, 2.75) is 29.1 Å². The fourth-order valence-corrected chi connectivity index (χ4v) is 6.60. The lowest BCUT2D eigenvalue weighted by atomic mass is 10.2. The maximum Gasteiger partial charge on any atom is 0.257 e. The number of nitrogens with zero attached hydrogens (tertiary/aromatic N) is 2. The highest BCUT2D eigenvalue weighted by atomic mass is 32.2. The fourth-order valence-electron chi connectivity index (χ4n) is 3.41. The van der Waals surface area contributed by atoms with E-state index in [-0.39, 0.29) is 15.4 Å². The van der Waals surface area contributed by atoms with Crippen molar-refractivity contribution < 1.29 is 21.6 Å². The second-order valence-electron chi connectivity index (χ2n) is 7.37. The van der Waals surface area contributed by atoms with Crippen LogP contribution in [0, 0.1) is 0 Å². The van der Waals surface area contributed by atoms with Crippen LogP contribution in [0.1, 0.15) is 29.6 Å². The Morgan fingerprint density at radius 1 is 1.00 bits per heavy atom. The normalized spacial score (nSPS) is 15.8. The number of hydrogen-bond donors (Lipinski definition) is 1. The highest BCUT2D eigenvalue weighted by molar-refractivity contribution is 7.90. The SMILES string of the molecule is CS(=O)(=O)c1ccc2nc(NC(=O)c3cccc(S(=O)(=O)N4CCCCC4)c3)sc2c1. The predicted octanol–water partition coefficient (Wildman–Crippen LogP) is 3.13. The molecule has 0 unspecified atom stereocenters. The molecule has 1 amide bonds. The van der Waals surface area contributed by atoms with Crippen molar-refractivity contribution in [3.05, 3.63) is 48.0 Å². The Labute approximate surface area is 184 Å². The van der Waals surface area contributed by atoms with Gasteiger partial charge < -0.3 is 0 Å². The fraction of sp³-hybridized carbons (Fsp3) is 0.300. The number of rotatable bonds is 5. The van der Waals surface area contributed by atoms with E-state index in [9.17, 15) is 21.6 Å². The van der Waals surface area contributed by atoms with Crippen LogP contribution in [0.15, 0.2) is 52.3 Å². The molecule has 31 heavy (non-hydrogen) atoms. The number of thiazole rings is 1. The third kappa shape index (κ3) is 4.64. The standard InChI is InChI=1S/C20H21N3O5S3/c1-30(25,26)15-8-9-17-18(13-15)29-20(21-17)22-19(24)14-6-5-7-16(12-14)31(27,28)23-10-3-2-4-11-23/h5-9,12-13H,2-4,10-11H2,1H3,(H,21,22,24). The maximum atomic E-state index is 12.9. The molecule has 1 aliphatic rings. The molecule has 1 aliphatic heterocycles. The van der Waals surface area contributed by atoms with Gasteiger partial charge >= 0.3 is 0 Å². The van der Waals surface area contributed by atoms with E-state index < -0.39 is 25.8 Å². The molecule has 164 valence electrons. The summed E-state index contributed by atoms with van der Waals surface area (Å²) in [4.78, 5) is 17.3. The Hall–Kier alpha value is -2.34. The number of sulfonamides is 1. The molecule has 0 spiro atoms. The van der Waals surface area contributed by atoms with Crippen LogP contribution in [-0.2, 0) is 19.9 Å². The molecule has 0 saturated carbocycles. The van der Waals surface area contributed by atoms with E-state index in [2.05, 4.69) is 10.3 Å². The van der Waals surface area contributed by atoms with Crippen LogP contribution >= 0.6 is 11.3 Å². The van der Waals surface area contributed by atoms with Gasteiger partial charge in [-0.2, -0.15) is 4.31 Å². The number of nitrogens with one attached hydrogen (secondary N) is 1. The summed E-state index contributed by atoms with van der Waals surface area (Å²) in [6.07, 6.45) is 3.81. The van der Waals surface area contributed by atoms with Crippen molar-refractivity contribution in [1.29, 1.82) is 0 Å². The lowest BCUT2D eigenvalue weighted by molar-refractivity contribution is 0.102. The average Bonchev–Trinajstić information content (AvgIpc) is 3.15. The van der Waals surface area contributed by atoms with Gasteiger partial charge in [0.05, 0.1) is 20.0 Å². The topological polar surface area (TPSA) is 114 Å². The van der Waals surface area contributed by atoms with Crippen LogP contribution in [0.2, 0.25) is 0 Å². The van der Waals surface area contributed by atoms with Crippen LogP contribution in [0.5, 0.6) is 0 Å². The molecule has 1 fully saturated rings. The van der Waals surface area contributed by atoms with Gasteiger partial charge in [0.1, 0.15) is 0 Å². The average molecular weight is 480 g/mol. The Kier molecular flexibility index (Phi) is 5.86. The number of hydrogen-bond acceptors (Lipinski definition) is 7. The number of carbonyl (C=O) groups excluding carboxylic acids is 1. The van der Waals surface area contributed by atoms with Gasteiger partial charge in [-0.1, -0.05) is 23.8 Å². The molecule has 11 heteroatoms. The predicted molar refractivity (Wildman–Crippen MR) is 120 cm³/mol. The zero-order valence-electron chi connectivity index (χ0n) is 16.7. The van der Waals surface area contributed by atoms with E-state index >= 15 is 0 Å². The lowest BCUT2D eigenvalue weighted by Crippen LogP contribution is -2.35. The smallest absolute Gasteiger partial charge is 0.257 e. The maximum absolute atomic E-state index is 12.9. The van der Waals surface area contributed by atoms with Crippen molar-refractivity contribution in [1.82, 2.24) is 9.29 Å². The number of fused-ring (bicyclic) bond motifs is 1. The second kappa shape index (κ2) is 8.30. The van der Waals surface area contributed by atoms with Gasteiger partial charge in [-0.3, -0.25) is 10.1 Å². The van der Waals surface area contributed by atoms with Gasteiger partial charge in [0.2, 0.25) is 10.0 Å². The van der Waals surface area contributed by atoms with Crippen molar-refractivity contribution in [3.8, 4) is 0 Å². The van der Waals surface area contributed by atoms with Crippen LogP contribution in [0.3, 0.4) is 0 Å². The highest BCUT2D eigenvalue weighted by Gasteiger charge is 2.26. The third-order valence-electron chi connectivity index (χ3n) is 5.06. The van der Waals surface area contributed by atoms with Crippen LogP contribution < -0.4 is 5.32 Å². The Balaban J connectivity index is 1.57. The number of aromatic nitrogens is 1. The number of benzene rings is 2. The number of amides is 1. The first-order chi connectivity index (χ1) is 14.6. The largest absolute Gasteiger partial charge is 0.298 e. The summed E-state index contributed by atoms with van der Waals surface area (Å²) in [6.45, 7) is 0.972. The zero-order chi connectivity index (χ0) is 22.2. The zero-order valence-corrected chi connectivity index (χ0v) is 19.2. The molecule has 2 aromatic carbocycles. The number of anilines is 1. The molecule has 3 aromatic rings. The molecule has 2 heterocycles. The van der Waals surface area contributed by atoms with Gasteiger partial charge in [-0.25, -0.2) is 21.8 Å². The summed E-state index contributed by atoms with van der Waals surface area (Å²) < 4.78 is 51.3. The van der Waals surface area contributed by atoms with E-state index in [4.69, 9.17) is 0 Å². The first-order valence-corrected chi connectivity index (χ1v) is 13.8. The Bertz CT molecular complexity index is 1360. The Morgan fingerprint density at radius 2 is 1.74 bits per heavy atom. The first kappa shape index (κ1) is 21.9. The van der Waals surface area contributed by atoms with Gasteiger partial charge in [-0.15, -0.1) is 0 Å². The van der Waals surface area contributed by atoms with Crippen LogP contribution in [0.25, 0.3) is 10.2 Å². The summed E-state index contributed by atoms with van der Waals surface area (Å²) >= 11 is 1.15. The van der Waals surface area contributed by atoms with Gasteiger partial charge in [0.15, 0.2) is 15.0 Å². The summed E-state index contributed by atoms with van der Waals surface area (Å²) in [7, 11) is -7.00. The van der Waals surface area contributed by atoms with Crippen molar-refractivity contribution in [2.24, 2.45) is 0 Å². The van der Waals surface area contributed by atoms with Gasteiger partial charge in [0, 0.05) is 24.9 Å². The van der Waals surface area contributed by atoms with Crippen molar-refractivity contribution in [2.75, 3.05) is 24.7 Å². The number of carbonyl (C=O) groups is 1. The molecule has 1 aromatic heterocycles. The van der Waals surface area contributed by atoms with Crippen LogP contribution in [0.4, 0.5) is 5.13 Å². The second-order valence-corrected chi connectivity index (χ2v) is 12.4. The minimum atomic E-state index is -3.65. The molecule has 1 saturated heterocycles. The number of sulfone groups is 1. The first-order valence-electron chi connectivity index (χ1n) is 9.67. The molecule has 1 N–H and O–H groups in total. The van der Waals surface area contributed by atoms with E-state index in [0.717, 1.165) is 36.9 Å². The lowest BCUT2D eigenvalue weighted by Gasteiger charge is -2.26. The molecule has 0 bridgehead atoms. The van der Waals surface area contributed by atoms with Crippen molar-refractivity contribution in [3.63, 3.8) is 0 Å². The van der Waals surface area contributed by atoms with E-state index in [1.807, 2.05) is 0 Å². The molecular weight excluding hydrogens is 458 g/mol. The molecule has 4 rings (SSSR count). The minimum absolute atomic E-state index is 0.0872. The van der Waals surface area contributed by atoms with E-state index in [0.29, 0.717) is 28.4 Å². The molecule has 8 nitrogen and oxygen atoms in total. The summed E-state index contributed by atoms with van der Waals surface area (Å²) in [5.74, 6) is -0.488. The Morgan fingerprint density at radius 3 is 2.45 bits per heavy atom. The van der Waals surface area contributed by atoms with Crippen molar-refractivity contribution >= 4 is 52.5 Å². The third-order valence-corrected chi connectivity index (χ3v) is 9.00. The quantitative estimate of drug-likeness (QED) is 0.601. The van der Waals surface area contributed by atoms with Crippen LogP contribution in [-0.4, -0.2) is 51.4 Å². The van der Waals surface area contributed by atoms with Gasteiger partial charge in [-0.05, 0) is 49.2 Å². The number of piperidine rings is 1. The van der Waals surface area contributed by atoms with E-state index in [1.54, 1.807) is 18.2 Å². The molecular formula is C20H21N3O5S3. The minimum Gasteiger partial charge on any atom is -0.298 e. The molecule has 0 aliphatic carbocycles. The molecule has 0 radical (unpaired) electrons. The van der Waals surface area contributed by atoms with E-state index in [1.165, 1.54) is 28.6 Å². The summed E-state index contributed by atoms with van der Waals surface area (Å²) in [6, 6.07) is 10.5. The van der Waals surface area contributed by atoms with Gasteiger partial charge in [0.25, 0.3) is 5.91 Å². The highest BCUT2D eigenvalue weighted by Crippen LogP contribution is 2.29. The molecule has 0 atom stereocenters. The summed E-state index contributed by atoms with van der Waals surface area (Å²) in [5, 5.41) is 2.98.